The van der Waals surface area contributed by atoms with Crippen molar-refractivity contribution in [3.05, 3.63) is 59.6 Å². The third-order valence-electron chi connectivity index (χ3n) is 4.74. The zero-order valence-electron chi connectivity index (χ0n) is 15.0. The van der Waals surface area contributed by atoms with Gasteiger partial charge in [-0.3, -0.25) is 4.90 Å². The van der Waals surface area contributed by atoms with Crippen LogP contribution in [0.2, 0.25) is 0 Å². The molecule has 27 heavy (non-hydrogen) atoms. The predicted octanol–water partition coefficient (Wildman–Crippen LogP) is 3.35. The monoisotopic (exact) mass is 361 g/mol. The van der Waals surface area contributed by atoms with E-state index in [1.807, 2.05) is 30.3 Å². The van der Waals surface area contributed by atoms with E-state index in [2.05, 4.69) is 26.1 Å². The molecule has 0 bridgehead atoms. The molecule has 1 aromatic carbocycles. The molecule has 3 heterocycles. The van der Waals surface area contributed by atoms with Crippen molar-refractivity contribution < 1.29 is 9.26 Å². The van der Waals surface area contributed by atoms with Crippen LogP contribution in [-0.2, 0) is 6.54 Å². The third kappa shape index (κ3) is 3.66. The smallest absolute Gasteiger partial charge is 0.244 e. The van der Waals surface area contributed by atoms with Crippen molar-refractivity contribution in [2.45, 2.75) is 25.4 Å². The van der Waals surface area contributed by atoms with Crippen molar-refractivity contribution in [3.8, 4) is 23.3 Å². The van der Waals surface area contributed by atoms with E-state index in [9.17, 15) is 0 Å². The van der Waals surface area contributed by atoms with Gasteiger partial charge in [0.2, 0.25) is 17.6 Å². The van der Waals surface area contributed by atoms with Gasteiger partial charge in [0.05, 0.1) is 24.8 Å². The Kier molecular flexibility index (Phi) is 4.81. The number of benzene rings is 1. The first-order chi connectivity index (χ1) is 13.3. The topological polar surface area (TPSA) is 88.1 Å². The molecular weight excluding hydrogens is 342 g/mol. The average Bonchev–Trinajstić information content (AvgIpc) is 3.37. The van der Waals surface area contributed by atoms with E-state index in [0.29, 0.717) is 23.2 Å². The van der Waals surface area contributed by atoms with Crippen LogP contribution in [0.25, 0.3) is 11.4 Å². The second-order valence-electron chi connectivity index (χ2n) is 6.49. The molecule has 1 aliphatic heterocycles. The Bertz CT molecular complexity index is 961. The normalized spacial score (nSPS) is 17.0. The van der Waals surface area contributed by atoms with Gasteiger partial charge in [-0.15, -0.1) is 0 Å². The van der Waals surface area contributed by atoms with Crippen LogP contribution in [0.3, 0.4) is 0 Å². The molecule has 0 saturated carbocycles. The Morgan fingerprint density at radius 3 is 3.04 bits per heavy atom. The van der Waals surface area contributed by atoms with E-state index in [4.69, 9.17) is 14.5 Å². The van der Waals surface area contributed by atoms with Crippen LogP contribution in [0.15, 0.2) is 47.1 Å². The van der Waals surface area contributed by atoms with E-state index >= 15 is 0 Å². The van der Waals surface area contributed by atoms with Crippen molar-refractivity contribution in [1.82, 2.24) is 20.0 Å². The van der Waals surface area contributed by atoms with Crippen LogP contribution in [0, 0.1) is 11.3 Å². The van der Waals surface area contributed by atoms with E-state index in [-0.39, 0.29) is 6.04 Å². The molecule has 1 saturated heterocycles. The van der Waals surface area contributed by atoms with Crippen LogP contribution >= 0.6 is 0 Å². The minimum absolute atomic E-state index is 0.0863. The molecular formula is C20H19N5O2. The molecule has 0 spiro atoms. The molecule has 7 nitrogen and oxygen atoms in total. The zero-order valence-corrected chi connectivity index (χ0v) is 15.0. The van der Waals surface area contributed by atoms with Gasteiger partial charge in [-0.2, -0.15) is 10.2 Å². The first-order valence-corrected chi connectivity index (χ1v) is 8.84. The molecule has 0 radical (unpaired) electrons. The van der Waals surface area contributed by atoms with Crippen molar-refractivity contribution in [1.29, 1.82) is 5.26 Å². The summed E-state index contributed by atoms with van der Waals surface area (Å²) in [4.78, 5) is 11.1. The number of likely N-dealkylation sites (tertiary alicyclic amines) is 1. The number of pyridine rings is 1. The van der Waals surface area contributed by atoms with Crippen molar-refractivity contribution >= 4 is 0 Å². The first-order valence-electron chi connectivity index (χ1n) is 8.84. The molecule has 1 fully saturated rings. The summed E-state index contributed by atoms with van der Waals surface area (Å²) < 4.78 is 10.6. The SMILES string of the molecule is COc1ccc(-c2noc([C@H]3CCCN3Cc3cccc(C#N)c3)n2)cn1. The summed E-state index contributed by atoms with van der Waals surface area (Å²) in [5.41, 5.74) is 2.58. The Hall–Kier alpha value is -3.24. The highest BCUT2D eigenvalue weighted by atomic mass is 16.5. The number of nitriles is 1. The molecule has 136 valence electrons. The summed E-state index contributed by atoms with van der Waals surface area (Å²) in [7, 11) is 1.58. The average molecular weight is 361 g/mol. The number of ether oxygens (including phenoxy) is 1. The summed E-state index contributed by atoms with van der Waals surface area (Å²) in [5.74, 6) is 1.69. The van der Waals surface area contributed by atoms with Gasteiger partial charge in [0.1, 0.15) is 0 Å². The summed E-state index contributed by atoms with van der Waals surface area (Å²) in [6, 6.07) is 13.6. The molecule has 0 aliphatic carbocycles. The number of aromatic nitrogens is 3. The van der Waals surface area contributed by atoms with Crippen molar-refractivity contribution in [2.75, 3.05) is 13.7 Å². The van der Waals surface area contributed by atoms with Crippen LogP contribution in [0.5, 0.6) is 5.88 Å². The lowest BCUT2D eigenvalue weighted by molar-refractivity contribution is 0.201. The maximum atomic E-state index is 9.09. The molecule has 0 amide bonds. The lowest BCUT2D eigenvalue weighted by Crippen LogP contribution is -2.23. The highest BCUT2D eigenvalue weighted by Crippen LogP contribution is 2.33. The number of rotatable bonds is 5. The predicted molar refractivity (Wildman–Crippen MR) is 97.6 cm³/mol. The standard InChI is InChI=1S/C20H19N5O2/c1-26-18-8-7-16(12-22-18)19-23-20(27-24-19)17-6-3-9-25(17)13-15-5-2-4-14(10-15)11-21/h2,4-5,7-8,10,12,17H,3,6,9,13H2,1H3/t17-/m1/s1. The number of methoxy groups -OCH3 is 1. The van der Waals surface area contributed by atoms with Gasteiger partial charge < -0.3 is 9.26 Å². The molecule has 1 atom stereocenters. The lowest BCUT2D eigenvalue weighted by Gasteiger charge is -2.21. The Morgan fingerprint density at radius 1 is 1.33 bits per heavy atom. The fourth-order valence-electron chi connectivity index (χ4n) is 3.39. The summed E-state index contributed by atoms with van der Waals surface area (Å²) >= 11 is 0. The maximum absolute atomic E-state index is 9.09. The quantitative estimate of drug-likeness (QED) is 0.688. The molecule has 0 N–H and O–H groups in total. The molecule has 0 unspecified atom stereocenters. The summed E-state index contributed by atoms with van der Waals surface area (Å²) in [6.07, 6.45) is 3.72. The van der Waals surface area contributed by atoms with E-state index < -0.39 is 0 Å². The second kappa shape index (κ2) is 7.56. The summed E-state index contributed by atoms with van der Waals surface area (Å²) in [5, 5.41) is 13.2. The Labute approximate surface area is 157 Å². The van der Waals surface area contributed by atoms with E-state index in [1.165, 1.54) is 0 Å². The highest BCUT2D eigenvalue weighted by molar-refractivity contribution is 5.53. The van der Waals surface area contributed by atoms with Crippen LogP contribution < -0.4 is 4.74 Å². The van der Waals surface area contributed by atoms with Gasteiger partial charge in [-0.1, -0.05) is 17.3 Å². The Balaban J connectivity index is 1.52. The third-order valence-corrected chi connectivity index (χ3v) is 4.74. The van der Waals surface area contributed by atoms with Crippen molar-refractivity contribution in [2.24, 2.45) is 0 Å². The van der Waals surface area contributed by atoms with Gasteiger partial charge in [0.25, 0.3) is 0 Å². The largest absolute Gasteiger partial charge is 0.481 e. The van der Waals surface area contributed by atoms with Crippen LogP contribution in [-0.4, -0.2) is 33.7 Å². The van der Waals surface area contributed by atoms with Gasteiger partial charge in [0.15, 0.2) is 0 Å². The van der Waals surface area contributed by atoms with Gasteiger partial charge in [-0.25, -0.2) is 4.98 Å². The highest BCUT2D eigenvalue weighted by Gasteiger charge is 2.30. The van der Waals surface area contributed by atoms with Gasteiger partial charge in [-0.05, 0) is 43.1 Å². The molecule has 3 aromatic rings. The molecule has 1 aliphatic rings. The minimum atomic E-state index is 0.0863. The molecule has 4 rings (SSSR count). The fourth-order valence-corrected chi connectivity index (χ4v) is 3.39. The fraction of sp³-hybridized carbons (Fsp3) is 0.300. The van der Waals surface area contributed by atoms with Gasteiger partial charge >= 0.3 is 0 Å². The number of hydrogen-bond acceptors (Lipinski definition) is 7. The van der Waals surface area contributed by atoms with E-state index in [0.717, 1.165) is 37.1 Å². The zero-order chi connectivity index (χ0) is 18.6. The minimum Gasteiger partial charge on any atom is -0.481 e. The van der Waals surface area contributed by atoms with Crippen LogP contribution in [0.1, 0.15) is 35.9 Å². The first kappa shape index (κ1) is 17.2. The number of hydrogen-bond donors (Lipinski definition) is 0. The molecule has 7 heteroatoms. The van der Waals surface area contributed by atoms with E-state index in [1.54, 1.807) is 19.4 Å². The van der Waals surface area contributed by atoms with Crippen molar-refractivity contribution in [3.63, 3.8) is 0 Å². The van der Waals surface area contributed by atoms with Crippen LogP contribution in [0.4, 0.5) is 0 Å². The Morgan fingerprint density at radius 2 is 2.26 bits per heavy atom. The van der Waals surface area contributed by atoms with Gasteiger partial charge in [0, 0.05) is 24.4 Å². The summed E-state index contributed by atoms with van der Waals surface area (Å²) in [6.45, 7) is 1.71. The maximum Gasteiger partial charge on any atom is 0.244 e. The molecule has 2 aromatic heterocycles. The second-order valence-corrected chi connectivity index (χ2v) is 6.49. The lowest BCUT2D eigenvalue weighted by atomic mass is 10.1. The number of nitrogens with zero attached hydrogens (tertiary/aromatic N) is 5.